The number of hydrogen-bond donors (Lipinski definition) is 0. The summed E-state index contributed by atoms with van der Waals surface area (Å²) < 4.78 is 0. The Morgan fingerprint density at radius 2 is 0.556 bits per heavy atom. The molecule has 0 aliphatic rings. The maximum absolute atomic E-state index is 5.83. The van der Waals surface area contributed by atoms with E-state index in [0.29, 0.717) is 0 Å². The highest BCUT2D eigenvalue weighted by Gasteiger charge is 2.23. The van der Waals surface area contributed by atoms with E-state index in [1.54, 1.807) is 0 Å². The lowest BCUT2D eigenvalue weighted by Gasteiger charge is -2.20. The Morgan fingerprint density at radius 1 is 0.222 bits per heavy atom. The third-order valence-corrected chi connectivity index (χ3v) is 10.5. The molecule has 2 nitrogen and oxygen atoms in total. The van der Waals surface area contributed by atoms with Crippen LogP contribution < -0.4 is 0 Å². The van der Waals surface area contributed by atoms with Gasteiger partial charge in [0.15, 0.2) is 0 Å². The van der Waals surface area contributed by atoms with E-state index in [-0.39, 0.29) is 0 Å². The lowest BCUT2D eigenvalue weighted by Crippen LogP contribution is -2.01. The van der Waals surface area contributed by atoms with Crippen molar-refractivity contribution in [1.29, 1.82) is 0 Å². The van der Waals surface area contributed by atoms with Gasteiger partial charge in [-0.2, -0.15) is 0 Å². The standard InChI is InChI=1S/C52H34N2/c1-3-17-35(18-4-1)41-27-11-13-29-45(41)49-50(46-30-14-12-28-42(46)36-19-5-2-6-20-36)54-52-48(44-32-16-24-38-22-8-10-26-40(38)44)34-33-47(51(52)53-49)43-31-15-23-37-21-7-9-25-39(37)43/h1-34H. The Hall–Kier alpha value is -7.16. The topological polar surface area (TPSA) is 25.8 Å². The van der Waals surface area contributed by atoms with Gasteiger partial charge in [0.2, 0.25) is 0 Å². The fourth-order valence-electron chi connectivity index (χ4n) is 7.98. The van der Waals surface area contributed by atoms with Crippen LogP contribution in [-0.2, 0) is 0 Å². The van der Waals surface area contributed by atoms with Crippen molar-refractivity contribution in [3.05, 3.63) is 206 Å². The predicted molar refractivity (Wildman–Crippen MR) is 227 cm³/mol. The first-order valence-corrected chi connectivity index (χ1v) is 18.4. The van der Waals surface area contributed by atoms with Gasteiger partial charge in [0.25, 0.3) is 0 Å². The summed E-state index contributed by atoms with van der Waals surface area (Å²) in [5.74, 6) is 0. The van der Waals surface area contributed by atoms with E-state index in [1.807, 2.05) is 0 Å². The van der Waals surface area contributed by atoms with Crippen LogP contribution in [0, 0.1) is 0 Å². The predicted octanol–water partition coefficient (Wildman–Crippen LogP) is 13.9. The fourth-order valence-corrected chi connectivity index (χ4v) is 7.98. The zero-order valence-electron chi connectivity index (χ0n) is 29.5. The van der Waals surface area contributed by atoms with Gasteiger partial charge in [0.05, 0.1) is 22.4 Å². The van der Waals surface area contributed by atoms with Crippen molar-refractivity contribution < 1.29 is 0 Å². The molecule has 9 aromatic carbocycles. The molecule has 0 unspecified atom stereocenters. The molecule has 0 N–H and O–H groups in total. The van der Waals surface area contributed by atoms with Crippen LogP contribution in [0.15, 0.2) is 206 Å². The molecule has 0 radical (unpaired) electrons. The molecule has 0 atom stereocenters. The summed E-state index contributed by atoms with van der Waals surface area (Å²) in [6.45, 7) is 0. The minimum absolute atomic E-state index is 0.849. The molecule has 0 aliphatic carbocycles. The maximum Gasteiger partial charge on any atom is 0.0979 e. The smallest absolute Gasteiger partial charge is 0.0979 e. The molecule has 0 amide bonds. The van der Waals surface area contributed by atoms with E-state index in [0.717, 1.165) is 78.1 Å². The molecule has 0 fully saturated rings. The van der Waals surface area contributed by atoms with Crippen LogP contribution in [0.4, 0.5) is 0 Å². The molecule has 1 heterocycles. The monoisotopic (exact) mass is 686 g/mol. The highest BCUT2D eigenvalue weighted by Crippen LogP contribution is 2.45. The van der Waals surface area contributed by atoms with E-state index < -0.39 is 0 Å². The third-order valence-electron chi connectivity index (χ3n) is 10.5. The molecule has 0 spiro atoms. The molecular formula is C52H34N2. The molecule has 10 aromatic rings. The highest BCUT2D eigenvalue weighted by atomic mass is 14.8. The summed E-state index contributed by atoms with van der Waals surface area (Å²) in [4.78, 5) is 11.7. The van der Waals surface area contributed by atoms with Crippen molar-refractivity contribution >= 4 is 32.6 Å². The Morgan fingerprint density at radius 3 is 1.00 bits per heavy atom. The van der Waals surface area contributed by atoms with Crippen LogP contribution in [0.2, 0.25) is 0 Å². The molecule has 1 aromatic heterocycles. The van der Waals surface area contributed by atoms with Crippen molar-refractivity contribution in [3.8, 4) is 67.0 Å². The third kappa shape index (κ3) is 5.44. The summed E-state index contributed by atoms with van der Waals surface area (Å²) >= 11 is 0. The first kappa shape index (κ1) is 31.6. The normalized spacial score (nSPS) is 11.3. The molecule has 2 heteroatoms. The maximum atomic E-state index is 5.83. The summed E-state index contributed by atoms with van der Waals surface area (Å²) in [5, 5.41) is 4.76. The minimum atomic E-state index is 0.849. The van der Waals surface area contributed by atoms with E-state index in [9.17, 15) is 0 Å². The van der Waals surface area contributed by atoms with E-state index >= 15 is 0 Å². The Balaban J connectivity index is 1.37. The van der Waals surface area contributed by atoms with Crippen LogP contribution in [0.5, 0.6) is 0 Å². The lowest BCUT2D eigenvalue weighted by molar-refractivity contribution is 1.29. The molecule has 54 heavy (non-hydrogen) atoms. The second-order valence-corrected chi connectivity index (χ2v) is 13.7. The van der Waals surface area contributed by atoms with Crippen molar-refractivity contribution in [3.63, 3.8) is 0 Å². The van der Waals surface area contributed by atoms with Crippen molar-refractivity contribution in [2.24, 2.45) is 0 Å². The highest BCUT2D eigenvalue weighted by molar-refractivity contribution is 6.11. The van der Waals surface area contributed by atoms with E-state index in [1.165, 1.54) is 21.5 Å². The number of fused-ring (bicyclic) bond motifs is 3. The molecular weight excluding hydrogens is 653 g/mol. The van der Waals surface area contributed by atoms with Crippen LogP contribution >= 0.6 is 0 Å². The van der Waals surface area contributed by atoms with Gasteiger partial charge in [-0.1, -0.05) is 206 Å². The van der Waals surface area contributed by atoms with Crippen LogP contribution in [0.25, 0.3) is 99.6 Å². The summed E-state index contributed by atoms with van der Waals surface area (Å²) in [6.07, 6.45) is 0. The molecule has 0 bridgehead atoms. The SMILES string of the molecule is c1ccc(-c2ccccc2-c2nc3c(-c4cccc5ccccc45)ccc(-c4cccc5ccccc45)c3nc2-c2ccccc2-c2ccccc2)cc1. The van der Waals surface area contributed by atoms with E-state index in [4.69, 9.17) is 9.97 Å². The molecule has 0 aliphatic heterocycles. The fraction of sp³-hybridized carbons (Fsp3) is 0. The van der Waals surface area contributed by atoms with Crippen LogP contribution in [-0.4, -0.2) is 9.97 Å². The average Bonchev–Trinajstić information content (AvgIpc) is 3.26. The largest absolute Gasteiger partial charge is 0.243 e. The molecule has 252 valence electrons. The van der Waals surface area contributed by atoms with Gasteiger partial charge >= 0.3 is 0 Å². The first-order chi connectivity index (χ1) is 26.8. The Kier molecular flexibility index (Phi) is 7.85. The zero-order valence-corrected chi connectivity index (χ0v) is 29.5. The summed E-state index contributed by atoms with van der Waals surface area (Å²) in [5.41, 5.74) is 14.4. The van der Waals surface area contributed by atoms with Gasteiger partial charge in [-0.15, -0.1) is 0 Å². The number of benzene rings is 9. The number of aromatic nitrogens is 2. The zero-order chi connectivity index (χ0) is 35.8. The second kappa shape index (κ2) is 13.4. The number of rotatable bonds is 6. The molecule has 10 rings (SSSR count). The van der Waals surface area contributed by atoms with Crippen molar-refractivity contribution in [2.75, 3.05) is 0 Å². The molecule has 0 saturated carbocycles. The lowest BCUT2D eigenvalue weighted by atomic mass is 9.90. The van der Waals surface area contributed by atoms with Crippen LogP contribution in [0.1, 0.15) is 0 Å². The van der Waals surface area contributed by atoms with Gasteiger partial charge < -0.3 is 0 Å². The van der Waals surface area contributed by atoms with Gasteiger partial charge in [0, 0.05) is 22.3 Å². The van der Waals surface area contributed by atoms with Crippen molar-refractivity contribution in [1.82, 2.24) is 9.97 Å². The molecule has 0 saturated heterocycles. The minimum Gasteiger partial charge on any atom is -0.243 e. The Labute approximate surface area is 314 Å². The van der Waals surface area contributed by atoms with Gasteiger partial charge in [-0.05, 0) is 54.9 Å². The van der Waals surface area contributed by atoms with Gasteiger partial charge in [-0.3, -0.25) is 0 Å². The van der Waals surface area contributed by atoms with Gasteiger partial charge in [-0.25, -0.2) is 9.97 Å². The van der Waals surface area contributed by atoms with Gasteiger partial charge in [0.1, 0.15) is 0 Å². The first-order valence-electron chi connectivity index (χ1n) is 18.4. The second-order valence-electron chi connectivity index (χ2n) is 13.7. The van der Waals surface area contributed by atoms with Crippen molar-refractivity contribution in [2.45, 2.75) is 0 Å². The summed E-state index contributed by atoms with van der Waals surface area (Å²) in [7, 11) is 0. The quantitative estimate of drug-likeness (QED) is 0.174. The van der Waals surface area contributed by atoms with E-state index in [2.05, 4.69) is 206 Å². The summed E-state index contributed by atoms with van der Waals surface area (Å²) in [6, 6.07) is 73.2. The number of hydrogen-bond acceptors (Lipinski definition) is 2. The number of nitrogens with zero attached hydrogens (tertiary/aromatic N) is 2. The Bertz CT molecular complexity index is 2770. The van der Waals surface area contributed by atoms with Crippen LogP contribution in [0.3, 0.4) is 0 Å². The average molecular weight is 687 g/mol.